The molecule has 0 aromatic heterocycles. The van der Waals surface area contributed by atoms with Crippen molar-refractivity contribution in [3.63, 3.8) is 0 Å². The zero-order valence-corrected chi connectivity index (χ0v) is 20.8. The minimum atomic E-state index is -1.74. The Bertz CT molecular complexity index is 992. The van der Waals surface area contributed by atoms with Gasteiger partial charge >= 0.3 is 5.97 Å². The molecule has 2 aliphatic heterocycles. The number of Topliss-reactive ketones (excluding diaryl/α,β-unsaturated/α-hetero) is 1. The predicted octanol–water partition coefficient (Wildman–Crippen LogP) is 1.27. The fourth-order valence-electron chi connectivity index (χ4n) is 9.59. The van der Waals surface area contributed by atoms with Gasteiger partial charge in [-0.05, 0) is 68.1 Å². The smallest absolute Gasteiger partial charge is 0.336 e. The van der Waals surface area contributed by atoms with Crippen molar-refractivity contribution in [1.29, 1.82) is 0 Å². The zero-order chi connectivity index (χ0) is 25.1. The highest BCUT2D eigenvalue weighted by molar-refractivity contribution is 5.92. The third-order valence-electron chi connectivity index (χ3n) is 11.4. The Hall–Kier alpha value is -1.32. The second-order valence-electron chi connectivity index (χ2n) is 12.6. The highest BCUT2D eigenvalue weighted by Crippen LogP contribution is 2.71. The summed E-state index contributed by atoms with van der Waals surface area (Å²) in [5, 5.41) is 42.4. The van der Waals surface area contributed by atoms with E-state index in [4.69, 9.17) is 9.47 Å². The van der Waals surface area contributed by atoms with Crippen molar-refractivity contribution < 1.29 is 39.5 Å². The number of hydrogen-bond acceptors (Lipinski definition) is 8. The van der Waals surface area contributed by atoms with E-state index in [2.05, 4.69) is 13.8 Å². The minimum Gasteiger partial charge on any atom is -0.458 e. The van der Waals surface area contributed by atoms with Crippen molar-refractivity contribution >= 4 is 11.8 Å². The van der Waals surface area contributed by atoms with E-state index in [9.17, 15) is 30.0 Å². The molecule has 35 heavy (non-hydrogen) atoms. The molecular weight excluding hydrogens is 452 g/mol. The van der Waals surface area contributed by atoms with E-state index in [1.165, 1.54) is 0 Å². The average Bonchev–Trinajstić information content (AvgIpc) is 3.44. The van der Waals surface area contributed by atoms with Gasteiger partial charge in [0.25, 0.3) is 0 Å². The van der Waals surface area contributed by atoms with E-state index in [0.29, 0.717) is 36.7 Å². The van der Waals surface area contributed by atoms with Crippen molar-refractivity contribution in [1.82, 2.24) is 0 Å². The monoisotopic (exact) mass is 490 g/mol. The van der Waals surface area contributed by atoms with Gasteiger partial charge < -0.3 is 29.9 Å². The van der Waals surface area contributed by atoms with Gasteiger partial charge in [0.1, 0.15) is 12.2 Å². The second-order valence-corrected chi connectivity index (χ2v) is 12.6. The number of carbonyl (C=O) groups is 2. The highest BCUT2D eigenvalue weighted by Gasteiger charge is 2.84. The summed E-state index contributed by atoms with van der Waals surface area (Å²) >= 11 is 0. The molecular formula is C27H38O8. The molecule has 0 bridgehead atoms. The number of ether oxygens (including phenoxy) is 2. The highest BCUT2D eigenvalue weighted by atomic mass is 16.6. The van der Waals surface area contributed by atoms with Crippen molar-refractivity contribution in [2.75, 3.05) is 6.61 Å². The second kappa shape index (κ2) is 7.60. The van der Waals surface area contributed by atoms with Crippen LogP contribution in [0.4, 0.5) is 0 Å². The van der Waals surface area contributed by atoms with Gasteiger partial charge in [0.05, 0.1) is 24.4 Å². The fraction of sp³-hybridized carbons (Fsp3) is 0.852. The van der Waals surface area contributed by atoms with Crippen LogP contribution in [0.15, 0.2) is 11.1 Å². The summed E-state index contributed by atoms with van der Waals surface area (Å²) in [6.07, 6.45) is 1.51. The normalized spacial score (nSPS) is 53.8. The molecule has 0 unspecified atom stereocenters. The van der Waals surface area contributed by atoms with Gasteiger partial charge in [-0.3, -0.25) is 4.79 Å². The van der Waals surface area contributed by atoms with Crippen molar-refractivity contribution in [2.24, 2.45) is 35.0 Å². The molecule has 4 aliphatic carbocycles. The Morgan fingerprint density at radius 1 is 1.11 bits per heavy atom. The Labute approximate surface area is 205 Å². The number of hydrogen-bond donors (Lipinski definition) is 4. The van der Waals surface area contributed by atoms with Crippen LogP contribution in [0, 0.1) is 35.0 Å². The summed E-state index contributed by atoms with van der Waals surface area (Å²) in [7, 11) is 0. The molecule has 5 fully saturated rings. The van der Waals surface area contributed by atoms with Crippen LogP contribution < -0.4 is 0 Å². The van der Waals surface area contributed by atoms with E-state index < -0.39 is 41.3 Å². The van der Waals surface area contributed by atoms with Gasteiger partial charge in [0.2, 0.25) is 0 Å². The summed E-state index contributed by atoms with van der Waals surface area (Å²) in [4.78, 5) is 25.6. The number of rotatable bonds is 3. The lowest BCUT2D eigenvalue weighted by Gasteiger charge is -2.58. The number of fused-ring (bicyclic) bond motifs is 4. The predicted molar refractivity (Wildman–Crippen MR) is 123 cm³/mol. The molecule has 4 saturated carbocycles. The standard InChI is InChI=1S/C27H38O8/c1-12-8-20(34-24(32)15(12)11-28)13(2)16-4-5-17-14-9-22-27(35-22)23(31)19(29)10-21(30)26(27,33)18(14)6-7-25(16,17)3/h13-14,16-20,22-23,28-29,31,33H,4-11H2,1-3H3/t13-,14-,16+,17-,18-,19-,20+,22+,23-,25+,26+,27-/m0/s1. The van der Waals surface area contributed by atoms with Gasteiger partial charge in [-0.25, -0.2) is 4.79 Å². The molecule has 2 heterocycles. The molecule has 0 amide bonds. The SMILES string of the molecule is CC1=C(CO)C(=O)O[C@@H]([C@@H](C)[C@H]2CC[C@H]3[C@@H]4C[C@H]5O[C@]56[C@@H](O)[C@@H](O)CC(=O)[C@]6(O)[C@H]4CC[C@]23C)C1. The number of ketones is 1. The van der Waals surface area contributed by atoms with Gasteiger partial charge in [-0.15, -0.1) is 0 Å². The molecule has 8 nitrogen and oxygen atoms in total. The number of cyclic esters (lactones) is 1. The van der Waals surface area contributed by atoms with Gasteiger partial charge in [0, 0.05) is 18.8 Å². The first kappa shape index (κ1) is 24.0. The maximum Gasteiger partial charge on any atom is 0.336 e. The van der Waals surface area contributed by atoms with Crippen LogP contribution in [0.5, 0.6) is 0 Å². The molecule has 0 aromatic carbocycles. The molecule has 1 spiro atoms. The number of aliphatic hydroxyl groups is 4. The molecule has 12 atom stereocenters. The number of carbonyl (C=O) groups excluding carboxylic acids is 2. The number of esters is 1. The van der Waals surface area contributed by atoms with Crippen LogP contribution in [0.25, 0.3) is 0 Å². The maximum absolute atomic E-state index is 13.2. The first-order valence-electron chi connectivity index (χ1n) is 13.3. The van der Waals surface area contributed by atoms with Crippen molar-refractivity contribution in [3.8, 4) is 0 Å². The Kier molecular flexibility index (Phi) is 5.22. The third kappa shape index (κ3) is 2.86. The van der Waals surface area contributed by atoms with E-state index >= 15 is 0 Å². The number of aliphatic hydroxyl groups excluding tert-OH is 3. The lowest BCUT2D eigenvalue weighted by molar-refractivity contribution is -0.211. The number of epoxide rings is 1. The first-order valence-corrected chi connectivity index (χ1v) is 13.3. The fourth-order valence-corrected chi connectivity index (χ4v) is 9.59. The van der Waals surface area contributed by atoms with Crippen LogP contribution in [0.3, 0.4) is 0 Å². The van der Waals surface area contributed by atoms with Crippen molar-refractivity contribution in [3.05, 3.63) is 11.1 Å². The van der Waals surface area contributed by atoms with Crippen LogP contribution in [-0.4, -0.2) is 74.4 Å². The van der Waals surface area contributed by atoms with Crippen LogP contribution in [0.1, 0.15) is 65.7 Å². The Morgan fingerprint density at radius 2 is 1.86 bits per heavy atom. The third-order valence-corrected chi connectivity index (χ3v) is 11.4. The Balaban J connectivity index is 1.27. The zero-order valence-electron chi connectivity index (χ0n) is 20.8. The molecule has 0 radical (unpaired) electrons. The molecule has 0 aromatic rings. The Morgan fingerprint density at radius 3 is 2.54 bits per heavy atom. The lowest BCUT2D eigenvalue weighted by atomic mass is 9.46. The lowest BCUT2D eigenvalue weighted by Crippen LogP contribution is -2.73. The van der Waals surface area contributed by atoms with E-state index in [-0.39, 0.29) is 42.3 Å². The molecule has 6 aliphatic rings. The largest absolute Gasteiger partial charge is 0.458 e. The quantitative estimate of drug-likeness (QED) is 0.343. The van der Waals surface area contributed by atoms with Gasteiger partial charge in [-0.2, -0.15) is 0 Å². The van der Waals surface area contributed by atoms with Crippen LogP contribution >= 0.6 is 0 Å². The van der Waals surface area contributed by atoms with E-state index in [1.807, 2.05) is 6.92 Å². The first-order chi connectivity index (χ1) is 16.5. The van der Waals surface area contributed by atoms with Gasteiger partial charge in [-0.1, -0.05) is 19.4 Å². The van der Waals surface area contributed by atoms with Crippen LogP contribution in [-0.2, 0) is 19.1 Å². The van der Waals surface area contributed by atoms with E-state index in [0.717, 1.165) is 24.8 Å². The summed E-state index contributed by atoms with van der Waals surface area (Å²) in [5.74, 6) is -0.185. The summed E-state index contributed by atoms with van der Waals surface area (Å²) in [6.45, 7) is 6.10. The summed E-state index contributed by atoms with van der Waals surface area (Å²) < 4.78 is 11.7. The topological polar surface area (TPSA) is 137 Å². The van der Waals surface area contributed by atoms with Crippen molar-refractivity contribution in [2.45, 2.75) is 101 Å². The molecule has 4 N–H and O–H groups in total. The van der Waals surface area contributed by atoms with Crippen LogP contribution in [0.2, 0.25) is 0 Å². The van der Waals surface area contributed by atoms with E-state index in [1.54, 1.807) is 0 Å². The molecule has 8 heteroatoms. The summed E-state index contributed by atoms with van der Waals surface area (Å²) in [6, 6.07) is 0. The molecule has 194 valence electrons. The average molecular weight is 491 g/mol. The summed E-state index contributed by atoms with van der Waals surface area (Å²) in [5.41, 5.74) is -1.84. The molecule has 6 rings (SSSR count). The minimum absolute atomic E-state index is 0.0110. The maximum atomic E-state index is 13.2. The molecule has 1 saturated heterocycles. The van der Waals surface area contributed by atoms with Gasteiger partial charge in [0.15, 0.2) is 17.0 Å².